The molecule has 0 spiro atoms. The topological polar surface area (TPSA) is 41.1 Å². The van der Waals surface area contributed by atoms with E-state index < -0.39 is 0 Å². The minimum atomic E-state index is 0. The summed E-state index contributed by atoms with van der Waals surface area (Å²) < 4.78 is 0. The standard InChI is InChI=1S/C20H26N2OS.ClH/c1-15-10-12-24-20(15)18(13-16-5-3-2-4-6-16)22-19(23)8-7-17-9-11-21-14-17;/h2-6,10,12,17-18,21H,7-9,11,13-14H2,1H3,(H,22,23);1H. The summed E-state index contributed by atoms with van der Waals surface area (Å²) in [5, 5.41) is 8.76. The average molecular weight is 379 g/mol. The van der Waals surface area contributed by atoms with Gasteiger partial charge in [0.1, 0.15) is 0 Å². The van der Waals surface area contributed by atoms with Crippen LogP contribution in [0.25, 0.3) is 0 Å². The monoisotopic (exact) mass is 378 g/mol. The zero-order valence-electron chi connectivity index (χ0n) is 14.7. The van der Waals surface area contributed by atoms with Crippen LogP contribution in [0.5, 0.6) is 0 Å². The predicted octanol–water partition coefficient (Wildman–Crippen LogP) is 4.27. The fourth-order valence-electron chi connectivity index (χ4n) is 3.36. The van der Waals surface area contributed by atoms with Crippen LogP contribution < -0.4 is 10.6 Å². The number of nitrogens with one attached hydrogen (secondary N) is 2. The first-order valence-electron chi connectivity index (χ1n) is 8.80. The first-order valence-corrected chi connectivity index (χ1v) is 9.68. The number of hydrogen-bond donors (Lipinski definition) is 2. The quantitative estimate of drug-likeness (QED) is 0.755. The Kier molecular flexibility index (Phi) is 7.94. The van der Waals surface area contributed by atoms with Gasteiger partial charge < -0.3 is 10.6 Å². The molecule has 0 radical (unpaired) electrons. The minimum Gasteiger partial charge on any atom is -0.348 e. The highest BCUT2D eigenvalue weighted by Gasteiger charge is 2.20. The van der Waals surface area contributed by atoms with Crippen molar-refractivity contribution in [3.63, 3.8) is 0 Å². The van der Waals surface area contributed by atoms with Crippen LogP contribution in [0.15, 0.2) is 41.8 Å². The first kappa shape index (κ1) is 20.0. The maximum atomic E-state index is 12.5. The predicted molar refractivity (Wildman–Crippen MR) is 108 cm³/mol. The zero-order valence-corrected chi connectivity index (χ0v) is 16.3. The lowest BCUT2D eigenvalue weighted by Crippen LogP contribution is -2.30. The fourth-order valence-corrected chi connectivity index (χ4v) is 4.34. The van der Waals surface area contributed by atoms with Crippen LogP contribution >= 0.6 is 23.7 Å². The minimum absolute atomic E-state index is 0. The van der Waals surface area contributed by atoms with E-state index in [1.54, 1.807) is 11.3 Å². The van der Waals surface area contributed by atoms with Crippen molar-refractivity contribution in [1.29, 1.82) is 0 Å². The van der Waals surface area contributed by atoms with Crippen LogP contribution in [-0.2, 0) is 11.2 Å². The third-order valence-corrected chi connectivity index (χ3v) is 5.91. The Morgan fingerprint density at radius 3 is 2.76 bits per heavy atom. The molecule has 1 aromatic carbocycles. The normalized spacial score (nSPS) is 17.7. The van der Waals surface area contributed by atoms with Gasteiger partial charge in [-0.05, 0) is 67.8 Å². The van der Waals surface area contributed by atoms with E-state index in [0.29, 0.717) is 12.3 Å². The maximum absolute atomic E-state index is 12.5. The van der Waals surface area contributed by atoms with E-state index in [9.17, 15) is 4.79 Å². The molecule has 25 heavy (non-hydrogen) atoms. The van der Waals surface area contributed by atoms with E-state index in [-0.39, 0.29) is 24.4 Å². The van der Waals surface area contributed by atoms with Crippen LogP contribution in [-0.4, -0.2) is 19.0 Å². The van der Waals surface area contributed by atoms with E-state index >= 15 is 0 Å². The third-order valence-electron chi connectivity index (χ3n) is 4.78. The van der Waals surface area contributed by atoms with Crippen LogP contribution in [0.2, 0.25) is 0 Å². The van der Waals surface area contributed by atoms with Crippen molar-refractivity contribution >= 4 is 29.7 Å². The van der Waals surface area contributed by atoms with Gasteiger partial charge in [0.15, 0.2) is 0 Å². The number of aryl methyl sites for hydroxylation is 1. The Labute approximate surface area is 160 Å². The number of benzene rings is 1. The van der Waals surface area contributed by atoms with Gasteiger partial charge in [-0.15, -0.1) is 23.7 Å². The van der Waals surface area contributed by atoms with Gasteiger partial charge in [-0.2, -0.15) is 0 Å². The molecule has 2 aromatic rings. The molecule has 2 N–H and O–H groups in total. The molecule has 1 fully saturated rings. The summed E-state index contributed by atoms with van der Waals surface area (Å²) in [5.74, 6) is 0.836. The SMILES string of the molecule is Cc1ccsc1C(Cc1ccccc1)NC(=O)CCC1CCNC1.Cl. The lowest BCUT2D eigenvalue weighted by molar-refractivity contribution is -0.122. The molecule has 1 aliphatic heterocycles. The number of amides is 1. The summed E-state index contributed by atoms with van der Waals surface area (Å²) in [4.78, 5) is 13.8. The highest BCUT2D eigenvalue weighted by Crippen LogP contribution is 2.27. The molecule has 0 aliphatic carbocycles. The molecule has 2 atom stereocenters. The molecule has 3 nitrogen and oxygen atoms in total. The van der Waals surface area contributed by atoms with E-state index in [4.69, 9.17) is 0 Å². The van der Waals surface area contributed by atoms with E-state index in [2.05, 4.69) is 53.3 Å². The summed E-state index contributed by atoms with van der Waals surface area (Å²) in [6.07, 6.45) is 3.66. The van der Waals surface area contributed by atoms with Gasteiger partial charge in [0, 0.05) is 11.3 Å². The molecule has 3 rings (SSSR count). The number of carbonyl (C=O) groups excluding carboxylic acids is 1. The lowest BCUT2D eigenvalue weighted by Gasteiger charge is -2.19. The summed E-state index contributed by atoms with van der Waals surface area (Å²) in [7, 11) is 0. The second kappa shape index (κ2) is 9.95. The molecule has 0 bridgehead atoms. The van der Waals surface area contributed by atoms with E-state index in [1.165, 1.54) is 22.4 Å². The Morgan fingerprint density at radius 2 is 2.12 bits per heavy atom. The summed E-state index contributed by atoms with van der Waals surface area (Å²) in [6, 6.07) is 12.6. The smallest absolute Gasteiger partial charge is 0.220 e. The van der Waals surface area contributed by atoms with E-state index in [1.807, 2.05) is 6.07 Å². The number of thiophene rings is 1. The Hall–Kier alpha value is -1.36. The first-order chi connectivity index (χ1) is 11.7. The molecule has 1 aliphatic rings. The van der Waals surface area contributed by atoms with Crippen molar-refractivity contribution in [1.82, 2.24) is 10.6 Å². The number of carbonyl (C=O) groups is 1. The van der Waals surface area contributed by atoms with Gasteiger partial charge >= 0.3 is 0 Å². The number of hydrogen-bond acceptors (Lipinski definition) is 3. The van der Waals surface area contributed by atoms with E-state index in [0.717, 1.165) is 25.9 Å². The lowest BCUT2D eigenvalue weighted by atomic mass is 10.0. The van der Waals surface area contributed by atoms with Gasteiger partial charge in [-0.1, -0.05) is 30.3 Å². The van der Waals surface area contributed by atoms with Crippen LogP contribution in [0.4, 0.5) is 0 Å². The average Bonchev–Trinajstić information content (AvgIpc) is 3.25. The molecule has 1 aromatic heterocycles. The zero-order chi connectivity index (χ0) is 16.8. The van der Waals surface area contributed by atoms with Crippen molar-refractivity contribution in [2.24, 2.45) is 5.92 Å². The van der Waals surface area contributed by atoms with Gasteiger partial charge in [0.25, 0.3) is 0 Å². The Bertz CT molecular complexity index is 653. The highest BCUT2D eigenvalue weighted by atomic mass is 35.5. The third kappa shape index (κ3) is 5.84. The van der Waals surface area contributed by atoms with Crippen molar-refractivity contribution in [3.05, 3.63) is 57.8 Å². The Morgan fingerprint density at radius 1 is 1.32 bits per heavy atom. The van der Waals surface area contributed by atoms with Gasteiger partial charge in [0.05, 0.1) is 6.04 Å². The van der Waals surface area contributed by atoms with Crippen molar-refractivity contribution in [2.45, 2.75) is 38.6 Å². The molecule has 2 unspecified atom stereocenters. The summed E-state index contributed by atoms with van der Waals surface area (Å²) in [5.41, 5.74) is 2.52. The fraction of sp³-hybridized carbons (Fsp3) is 0.450. The van der Waals surface area contributed by atoms with Gasteiger partial charge in [0.2, 0.25) is 5.91 Å². The second-order valence-electron chi connectivity index (χ2n) is 6.68. The summed E-state index contributed by atoms with van der Waals surface area (Å²) in [6.45, 7) is 4.28. The van der Waals surface area contributed by atoms with Crippen molar-refractivity contribution in [3.8, 4) is 0 Å². The summed E-state index contributed by atoms with van der Waals surface area (Å²) >= 11 is 1.74. The highest BCUT2D eigenvalue weighted by molar-refractivity contribution is 7.10. The van der Waals surface area contributed by atoms with Gasteiger partial charge in [-0.25, -0.2) is 0 Å². The molecular weight excluding hydrogens is 352 g/mol. The van der Waals surface area contributed by atoms with Crippen molar-refractivity contribution < 1.29 is 4.79 Å². The second-order valence-corrected chi connectivity index (χ2v) is 7.62. The largest absolute Gasteiger partial charge is 0.348 e. The van der Waals surface area contributed by atoms with Gasteiger partial charge in [-0.3, -0.25) is 4.79 Å². The van der Waals surface area contributed by atoms with Crippen LogP contribution in [0.3, 0.4) is 0 Å². The van der Waals surface area contributed by atoms with Crippen LogP contribution in [0.1, 0.15) is 41.3 Å². The Balaban J connectivity index is 0.00000225. The molecule has 0 saturated carbocycles. The maximum Gasteiger partial charge on any atom is 0.220 e. The van der Waals surface area contributed by atoms with Crippen LogP contribution in [0, 0.1) is 12.8 Å². The number of halogens is 1. The molecule has 136 valence electrons. The number of rotatable bonds is 7. The molecule has 1 saturated heterocycles. The molecule has 2 heterocycles. The van der Waals surface area contributed by atoms with Crippen molar-refractivity contribution in [2.75, 3.05) is 13.1 Å². The molecule has 1 amide bonds. The molecular formula is C20H27ClN2OS. The molecule has 5 heteroatoms.